The van der Waals surface area contributed by atoms with Gasteiger partial charge >= 0.3 is 15.4 Å². The van der Waals surface area contributed by atoms with Gasteiger partial charge in [-0.1, -0.05) is 6.42 Å². The number of hydrogen-bond acceptors (Lipinski definition) is 4. The van der Waals surface area contributed by atoms with E-state index < -0.39 is 21.3 Å². The van der Waals surface area contributed by atoms with Gasteiger partial charge in [0.15, 0.2) is 0 Å². The van der Waals surface area contributed by atoms with E-state index >= 15 is 0 Å². The van der Waals surface area contributed by atoms with Gasteiger partial charge in [-0.15, -0.1) is 4.33 Å². The lowest BCUT2D eigenvalue weighted by Crippen LogP contribution is -2.40. The minimum Gasteiger partial charge on any atom is -0.223 e. The highest BCUT2D eigenvalue weighted by molar-refractivity contribution is 7.87. The molecule has 0 aromatic rings. The predicted molar refractivity (Wildman–Crippen MR) is 50.9 cm³/mol. The monoisotopic (exact) mass is 256 g/mol. The standard InChI is InChI=1S/C9H14F2O4S/c1-14-15-16(12,13)9(10,11)8-5-6-2-3-7(8)4-6/h6-8H,2-5H2,1H3. The summed E-state index contributed by atoms with van der Waals surface area (Å²) in [6.45, 7) is 0. The smallest absolute Gasteiger partial charge is 0.223 e. The highest BCUT2D eigenvalue weighted by Gasteiger charge is 2.60. The molecule has 2 bridgehead atoms. The highest BCUT2D eigenvalue weighted by Crippen LogP contribution is 2.55. The quantitative estimate of drug-likeness (QED) is 0.569. The summed E-state index contributed by atoms with van der Waals surface area (Å²) in [5, 5.41) is -3.84. The molecule has 0 aliphatic heterocycles. The molecule has 0 amide bonds. The molecule has 3 unspecified atom stereocenters. The lowest BCUT2D eigenvalue weighted by molar-refractivity contribution is -0.184. The average Bonchev–Trinajstić information content (AvgIpc) is 2.78. The maximum absolute atomic E-state index is 13.8. The second kappa shape index (κ2) is 3.89. The van der Waals surface area contributed by atoms with E-state index in [4.69, 9.17) is 0 Å². The fourth-order valence-electron chi connectivity index (χ4n) is 2.98. The second-order valence-electron chi connectivity index (χ2n) is 4.53. The van der Waals surface area contributed by atoms with Gasteiger partial charge in [-0.3, -0.25) is 0 Å². The Balaban J connectivity index is 2.19. The van der Waals surface area contributed by atoms with Gasteiger partial charge in [-0.2, -0.15) is 17.2 Å². The lowest BCUT2D eigenvalue weighted by Gasteiger charge is -2.28. The maximum atomic E-state index is 13.8. The van der Waals surface area contributed by atoms with Crippen LogP contribution in [-0.4, -0.2) is 20.8 Å². The second-order valence-corrected chi connectivity index (χ2v) is 6.12. The summed E-state index contributed by atoms with van der Waals surface area (Å²) in [5.74, 6) is -1.07. The fourth-order valence-corrected chi connectivity index (χ4v) is 3.91. The lowest BCUT2D eigenvalue weighted by atomic mass is 9.89. The molecule has 0 spiro atoms. The van der Waals surface area contributed by atoms with Gasteiger partial charge in [-0.25, -0.2) is 4.89 Å². The molecular weight excluding hydrogens is 242 g/mol. The summed E-state index contributed by atoms with van der Waals surface area (Å²) in [6.07, 6.45) is 2.60. The third-order valence-corrected chi connectivity index (χ3v) is 4.95. The molecule has 2 saturated carbocycles. The van der Waals surface area contributed by atoms with Crippen LogP contribution in [0.15, 0.2) is 0 Å². The zero-order chi connectivity index (χ0) is 12.0. The number of hydrogen-bond donors (Lipinski definition) is 0. The molecule has 0 aromatic heterocycles. The molecule has 2 fully saturated rings. The third-order valence-electron chi connectivity index (χ3n) is 3.66. The Morgan fingerprint density at radius 2 is 1.94 bits per heavy atom. The van der Waals surface area contributed by atoms with E-state index in [1.165, 1.54) is 0 Å². The fraction of sp³-hybridized carbons (Fsp3) is 1.00. The Labute approximate surface area is 93.0 Å². The van der Waals surface area contributed by atoms with Crippen molar-refractivity contribution in [2.75, 3.05) is 7.11 Å². The first kappa shape index (κ1) is 12.2. The van der Waals surface area contributed by atoms with Crippen LogP contribution in [0.3, 0.4) is 0 Å². The Morgan fingerprint density at radius 3 is 2.38 bits per heavy atom. The SMILES string of the molecule is COOS(=O)(=O)C(F)(F)C1CC2CCC1C2. The van der Waals surface area contributed by atoms with Crippen LogP contribution >= 0.6 is 0 Å². The zero-order valence-electron chi connectivity index (χ0n) is 8.86. The first-order valence-corrected chi connectivity index (χ1v) is 6.64. The molecule has 0 heterocycles. The van der Waals surface area contributed by atoms with E-state index in [1.807, 2.05) is 0 Å². The van der Waals surface area contributed by atoms with Crippen LogP contribution in [0.4, 0.5) is 8.78 Å². The van der Waals surface area contributed by atoms with E-state index in [0.717, 1.165) is 13.5 Å². The van der Waals surface area contributed by atoms with E-state index in [0.29, 0.717) is 12.8 Å². The topological polar surface area (TPSA) is 52.6 Å². The maximum Gasteiger partial charge on any atom is 0.375 e. The van der Waals surface area contributed by atoms with Crippen molar-refractivity contribution >= 4 is 10.1 Å². The van der Waals surface area contributed by atoms with Gasteiger partial charge < -0.3 is 0 Å². The molecule has 0 aromatic carbocycles. The van der Waals surface area contributed by atoms with Crippen molar-refractivity contribution in [1.82, 2.24) is 0 Å². The molecule has 0 saturated heterocycles. The van der Waals surface area contributed by atoms with Crippen molar-refractivity contribution in [1.29, 1.82) is 0 Å². The first-order valence-electron chi connectivity index (χ1n) is 5.23. The summed E-state index contributed by atoms with van der Waals surface area (Å²) in [4.78, 5) is 3.86. The molecule has 0 N–H and O–H groups in total. The summed E-state index contributed by atoms with van der Waals surface area (Å²) < 4.78 is 53.7. The van der Waals surface area contributed by atoms with Gasteiger partial charge in [0.05, 0.1) is 7.11 Å². The molecule has 16 heavy (non-hydrogen) atoms. The van der Waals surface area contributed by atoms with Crippen molar-refractivity contribution in [2.45, 2.75) is 30.9 Å². The van der Waals surface area contributed by atoms with Crippen molar-refractivity contribution in [3.8, 4) is 0 Å². The van der Waals surface area contributed by atoms with Crippen LogP contribution in [0.2, 0.25) is 0 Å². The number of rotatable bonds is 4. The largest absolute Gasteiger partial charge is 0.375 e. The third kappa shape index (κ3) is 1.74. The van der Waals surface area contributed by atoms with E-state index in [-0.39, 0.29) is 18.3 Å². The van der Waals surface area contributed by atoms with Gasteiger partial charge in [0, 0.05) is 5.92 Å². The number of halogens is 2. The molecule has 7 heteroatoms. The van der Waals surface area contributed by atoms with Gasteiger partial charge in [0.25, 0.3) is 0 Å². The zero-order valence-corrected chi connectivity index (χ0v) is 9.67. The molecule has 2 aliphatic rings. The van der Waals surface area contributed by atoms with Crippen molar-refractivity contribution in [3.05, 3.63) is 0 Å². The van der Waals surface area contributed by atoms with E-state index in [1.54, 1.807) is 0 Å². The van der Waals surface area contributed by atoms with Crippen LogP contribution in [0.25, 0.3) is 0 Å². The molecule has 4 nitrogen and oxygen atoms in total. The van der Waals surface area contributed by atoms with E-state index in [2.05, 4.69) is 9.22 Å². The Kier molecular flexibility index (Phi) is 2.96. The summed E-state index contributed by atoms with van der Waals surface area (Å²) in [7, 11) is -4.07. The molecular formula is C9H14F2O4S. The van der Waals surface area contributed by atoms with E-state index in [9.17, 15) is 17.2 Å². The molecule has 2 rings (SSSR count). The summed E-state index contributed by atoms with van der Waals surface area (Å²) >= 11 is 0. The summed E-state index contributed by atoms with van der Waals surface area (Å²) in [5.41, 5.74) is 0. The van der Waals surface area contributed by atoms with Crippen LogP contribution in [0.1, 0.15) is 25.7 Å². The van der Waals surface area contributed by atoms with Crippen molar-refractivity contribution in [2.24, 2.45) is 17.8 Å². The molecule has 2 aliphatic carbocycles. The molecule has 0 radical (unpaired) electrons. The van der Waals surface area contributed by atoms with Gasteiger partial charge in [0.1, 0.15) is 0 Å². The normalized spacial score (nSPS) is 34.6. The Hall–Kier alpha value is -0.270. The Morgan fingerprint density at radius 1 is 1.25 bits per heavy atom. The number of fused-ring (bicyclic) bond motifs is 2. The minimum absolute atomic E-state index is 0.199. The number of alkyl halides is 2. The van der Waals surface area contributed by atoms with Crippen LogP contribution in [0.5, 0.6) is 0 Å². The van der Waals surface area contributed by atoms with Crippen LogP contribution in [-0.2, 0) is 19.3 Å². The minimum atomic E-state index is -4.97. The predicted octanol–water partition coefficient (Wildman–Crippen LogP) is 1.92. The van der Waals surface area contributed by atoms with Crippen LogP contribution < -0.4 is 0 Å². The average molecular weight is 256 g/mol. The first-order chi connectivity index (χ1) is 7.38. The summed E-state index contributed by atoms with van der Waals surface area (Å²) in [6, 6.07) is 0. The van der Waals surface area contributed by atoms with Crippen molar-refractivity contribution < 1.29 is 26.4 Å². The van der Waals surface area contributed by atoms with Gasteiger partial charge in [-0.05, 0) is 31.1 Å². The van der Waals surface area contributed by atoms with Gasteiger partial charge in [0.2, 0.25) is 0 Å². The molecule has 3 atom stereocenters. The highest BCUT2D eigenvalue weighted by atomic mass is 32.2. The Bertz CT molecular complexity index is 368. The van der Waals surface area contributed by atoms with Crippen molar-refractivity contribution in [3.63, 3.8) is 0 Å². The molecule has 94 valence electrons. The van der Waals surface area contributed by atoms with Crippen LogP contribution in [0, 0.1) is 17.8 Å².